The highest BCUT2D eigenvalue weighted by molar-refractivity contribution is 7.99. The lowest BCUT2D eigenvalue weighted by Gasteiger charge is -2.14. The molecule has 0 atom stereocenters. The minimum Gasteiger partial charge on any atom is -0.379 e. The summed E-state index contributed by atoms with van der Waals surface area (Å²) in [4.78, 5) is 30.4. The van der Waals surface area contributed by atoms with Crippen LogP contribution in [-0.2, 0) is 16.1 Å². The van der Waals surface area contributed by atoms with Crippen LogP contribution in [0.5, 0.6) is 0 Å². The van der Waals surface area contributed by atoms with Crippen LogP contribution in [0.4, 0.5) is 5.69 Å². The lowest BCUT2D eigenvalue weighted by atomic mass is 10.1. The molecule has 33 heavy (non-hydrogen) atoms. The van der Waals surface area contributed by atoms with Crippen LogP contribution < -0.4 is 10.9 Å². The van der Waals surface area contributed by atoms with Crippen molar-refractivity contribution in [3.05, 3.63) is 77.1 Å². The molecule has 4 aromatic rings. The molecule has 0 saturated heterocycles. The van der Waals surface area contributed by atoms with Crippen LogP contribution in [0.3, 0.4) is 0 Å². The van der Waals surface area contributed by atoms with Gasteiger partial charge in [0.2, 0.25) is 5.91 Å². The van der Waals surface area contributed by atoms with Crippen LogP contribution in [0.1, 0.15) is 20.3 Å². The number of carbonyl (C=O) groups excluding carboxylic acids is 1. The third-order valence-electron chi connectivity index (χ3n) is 5.17. The maximum Gasteiger partial charge on any atom is 0.262 e. The van der Waals surface area contributed by atoms with Gasteiger partial charge in [-0.05, 0) is 55.3 Å². The Bertz CT molecular complexity index is 1330. The molecule has 0 saturated carbocycles. The number of para-hydroxylation sites is 1. The highest BCUT2D eigenvalue weighted by atomic mass is 32.2. The highest BCUT2D eigenvalue weighted by Gasteiger charge is 2.13. The second-order valence-corrected chi connectivity index (χ2v) is 8.98. The molecule has 7 heteroatoms. The number of hydrogen-bond donors (Lipinski definition) is 1. The van der Waals surface area contributed by atoms with E-state index >= 15 is 0 Å². The van der Waals surface area contributed by atoms with Gasteiger partial charge in [0.1, 0.15) is 0 Å². The van der Waals surface area contributed by atoms with Crippen LogP contribution in [0.15, 0.2) is 76.7 Å². The highest BCUT2D eigenvalue weighted by Crippen LogP contribution is 2.21. The second kappa shape index (κ2) is 10.6. The maximum atomic E-state index is 13.1. The second-order valence-electron chi connectivity index (χ2n) is 8.04. The van der Waals surface area contributed by atoms with Gasteiger partial charge in [0.25, 0.3) is 5.56 Å². The molecule has 0 bridgehead atoms. The summed E-state index contributed by atoms with van der Waals surface area (Å²) in [5.74, 6) is 0.00693. The number of nitrogens with zero attached hydrogens (tertiary/aromatic N) is 2. The van der Waals surface area contributed by atoms with Crippen molar-refractivity contribution < 1.29 is 9.53 Å². The Kier molecular flexibility index (Phi) is 7.42. The van der Waals surface area contributed by atoms with Crippen LogP contribution in [0.2, 0.25) is 0 Å². The number of anilines is 1. The quantitative estimate of drug-likeness (QED) is 0.213. The normalized spacial score (nSPS) is 11.4. The van der Waals surface area contributed by atoms with Gasteiger partial charge in [0.15, 0.2) is 5.16 Å². The van der Waals surface area contributed by atoms with Gasteiger partial charge < -0.3 is 10.1 Å². The van der Waals surface area contributed by atoms with E-state index in [0.717, 1.165) is 16.5 Å². The van der Waals surface area contributed by atoms with E-state index in [4.69, 9.17) is 4.74 Å². The van der Waals surface area contributed by atoms with Crippen molar-refractivity contribution in [2.24, 2.45) is 0 Å². The Morgan fingerprint density at radius 3 is 2.64 bits per heavy atom. The number of nitrogens with one attached hydrogen (secondary N) is 1. The predicted molar refractivity (Wildman–Crippen MR) is 135 cm³/mol. The Balaban J connectivity index is 1.49. The predicted octanol–water partition coefficient (Wildman–Crippen LogP) is 5.10. The largest absolute Gasteiger partial charge is 0.379 e. The van der Waals surface area contributed by atoms with Crippen molar-refractivity contribution in [2.75, 3.05) is 17.7 Å². The fourth-order valence-electron chi connectivity index (χ4n) is 3.59. The van der Waals surface area contributed by atoms with Gasteiger partial charge in [-0.25, -0.2) is 4.98 Å². The molecule has 1 aromatic heterocycles. The minimum absolute atomic E-state index is 0.0948. The number of fused-ring (bicyclic) bond motifs is 2. The molecule has 0 fully saturated rings. The third kappa shape index (κ3) is 5.80. The summed E-state index contributed by atoms with van der Waals surface area (Å²) in [6.45, 7) is 5.01. The molecule has 0 aliphatic carbocycles. The van der Waals surface area contributed by atoms with Gasteiger partial charge in [0.05, 0.1) is 22.8 Å². The van der Waals surface area contributed by atoms with Gasteiger partial charge in [-0.15, -0.1) is 0 Å². The summed E-state index contributed by atoms with van der Waals surface area (Å²) in [7, 11) is 0. The fourth-order valence-corrected chi connectivity index (χ4v) is 4.42. The van der Waals surface area contributed by atoms with E-state index in [2.05, 4.69) is 10.3 Å². The molecule has 0 aliphatic heterocycles. The van der Waals surface area contributed by atoms with Crippen molar-refractivity contribution in [1.29, 1.82) is 0 Å². The third-order valence-corrected chi connectivity index (χ3v) is 6.15. The number of thioether (sulfide) groups is 1. The van der Waals surface area contributed by atoms with E-state index in [0.29, 0.717) is 35.6 Å². The lowest BCUT2D eigenvalue weighted by Crippen LogP contribution is -2.25. The zero-order chi connectivity index (χ0) is 23.2. The SMILES string of the molecule is CC(C)OCCCn1c(SCC(=O)Nc2ccc3ccccc3c2)nc2ccccc2c1=O. The van der Waals surface area contributed by atoms with Crippen molar-refractivity contribution in [1.82, 2.24) is 9.55 Å². The van der Waals surface area contributed by atoms with Gasteiger partial charge in [-0.3, -0.25) is 14.2 Å². The van der Waals surface area contributed by atoms with Crippen LogP contribution in [-0.4, -0.2) is 33.9 Å². The monoisotopic (exact) mass is 461 g/mol. The average molecular weight is 462 g/mol. The minimum atomic E-state index is -0.146. The molecule has 0 radical (unpaired) electrons. The van der Waals surface area contributed by atoms with E-state index in [-0.39, 0.29) is 23.3 Å². The van der Waals surface area contributed by atoms with Crippen LogP contribution >= 0.6 is 11.8 Å². The average Bonchev–Trinajstić information content (AvgIpc) is 2.81. The molecular weight excluding hydrogens is 434 g/mol. The van der Waals surface area contributed by atoms with Gasteiger partial charge >= 0.3 is 0 Å². The maximum absolute atomic E-state index is 13.1. The molecule has 1 N–H and O–H groups in total. The van der Waals surface area contributed by atoms with E-state index in [1.165, 1.54) is 11.8 Å². The molecule has 1 amide bonds. The number of benzene rings is 3. The van der Waals surface area contributed by atoms with Gasteiger partial charge in [-0.2, -0.15) is 0 Å². The molecule has 1 heterocycles. The number of hydrogen-bond acceptors (Lipinski definition) is 5. The number of aromatic nitrogens is 2. The molecule has 6 nitrogen and oxygen atoms in total. The molecular formula is C26H27N3O3S. The Morgan fingerprint density at radius 1 is 1.06 bits per heavy atom. The molecule has 0 aliphatic rings. The Hall–Kier alpha value is -3.16. The summed E-state index contributed by atoms with van der Waals surface area (Å²) >= 11 is 1.27. The van der Waals surface area contributed by atoms with Crippen molar-refractivity contribution >= 4 is 45.0 Å². The first kappa shape index (κ1) is 23.0. The number of amides is 1. The molecule has 0 spiro atoms. The van der Waals surface area contributed by atoms with E-state index in [1.807, 2.05) is 74.5 Å². The Labute approximate surface area is 197 Å². The standard InChI is InChI=1S/C26H27N3O3S/c1-18(2)32-15-7-14-29-25(31)22-10-5-6-11-23(22)28-26(29)33-17-24(30)27-21-13-12-19-8-3-4-9-20(19)16-21/h3-6,8-13,16,18H,7,14-15,17H2,1-2H3,(H,27,30). The first-order chi connectivity index (χ1) is 16.0. The van der Waals surface area contributed by atoms with Gasteiger partial charge in [0, 0.05) is 18.8 Å². The number of ether oxygens (including phenoxy) is 1. The van der Waals surface area contributed by atoms with Crippen molar-refractivity contribution in [3.63, 3.8) is 0 Å². The number of rotatable bonds is 9. The first-order valence-corrected chi connectivity index (χ1v) is 12.0. The summed E-state index contributed by atoms with van der Waals surface area (Å²) in [5.41, 5.74) is 1.28. The molecule has 170 valence electrons. The van der Waals surface area contributed by atoms with E-state index in [1.54, 1.807) is 10.6 Å². The number of carbonyl (C=O) groups is 1. The summed E-state index contributed by atoms with van der Waals surface area (Å²) < 4.78 is 7.27. The molecule has 4 rings (SSSR count). The van der Waals surface area contributed by atoms with Crippen molar-refractivity contribution in [2.45, 2.75) is 38.1 Å². The van der Waals surface area contributed by atoms with Crippen LogP contribution in [0, 0.1) is 0 Å². The van der Waals surface area contributed by atoms with Gasteiger partial charge in [-0.1, -0.05) is 54.2 Å². The fraction of sp³-hybridized carbons (Fsp3) is 0.269. The lowest BCUT2D eigenvalue weighted by molar-refractivity contribution is -0.113. The smallest absolute Gasteiger partial charge is 0.262 e. The zero-order valence-corrected chi connectivity index (χ0v) is 19.6. The summed E-state index contributed by atoms with van der Waals surface area (Å²) in [6.07, 6.45) is 0.832. The molecule has 0 unspecified atom stereocenters. The topological polar surface area (TPSA) is 73.2 Å². The Morgan fingerprint density at radius 2 is 1.82 bits per heavy atom. The first-order valence-electron chi connectivity index (χ1n) is 11.0. The van der Waals surface area contributed by atoms with E-state index < -0.39 is 0 Å². The summed E-state index contributed by atoms with van der Waals surface area (Å²) in [6, 6.07) is 21.1. The summed E-state index contributed by atoms with van der Waals surface area (Å²) in [5, 5.41) is 6.25. The van der Waals surface area contributed by atoms with E-state index in [9.17, 15) is 9.59 Å². The van der Waals surface area contributed by atoms with Crippen molar-refractivity contribution in [3.8, 4) is 0 Å². The zero-order valence-electron chi connectivity index (χ0n) is 18.8. The molecule has 3 aromatic carbocycles. The van der Waals surface area contributed by atoms with Crippen LogP contribution in [0.25, 0.3) is 21.7 Å².